The Morgan fingerprint density at radius 1 is 0.744 bits per heavy atom. The van der Waals surface area contributed by atoms with Crippen LogP contribution in [0.1, 0.15) is 22.8 Å². The fraction of sp³-hybridized carbons (Fsp3) is 0.381. The van der Waals surface area contributed by atoms with E-state index >= 15 is 0 Å². The van der Waals surface area contributed by atoms with Gasteiger partial charge in [-0.25, -0.2) is 9.47 Å². The van der Waals surface area contributed by atoms with Gasteiger partial charge in [0.1, 0.15) is 5.75 Å². The van der Waals surface area contributed by atoms with Gasteiger partial charge >= 0.3 is 36.5 Å². The number of carbonyl (C=O) groups excluding carboxylic acids is 1. The highest BCUT2D eigenvalue weighted by Gasteiger charge is 2.80. The average Bonchev–Trinajstić information content (AvgIpc) is 2.77. The molecule has 0 aromatic heterocycles. The predicted octanol–water partition coefficient (Wildman–Crippen LogP) is 7.40. The Morgan fingerprint density at radius 2 is 1.28 bits per heavy atom. The standard InChI is InChI=1S/C21H14F13NO4/c1-2-37-14-8-6-11(7-9-14)15(36)35-13-5-3-4-12(10-13)16(22,23)18(26,27)38-19(28,29)17(24,25)20(30,31)39-21(32,33)34/h3-10H,2H2,1H3,(H,35,36). The highest BCUT2D eigenvalue weighted by Crippen LogP contribution is 2.54. The Kier molecular flexibility index (Phi) is 8.77. The molecule has 0 aliphatic carbocycles. The Hall–Kier alpha value is -3.28. The van der Waals surface area contributed by atoms with E-state index in [9.17, 15) is 61.9 Å². The van der Waals surface area contributed by atoms with Crippen molar-refractivity contribution in [3.63, 3.8) is 0 Å². The number of nitrogens with one attached hydrogen (secondary N) is 1. The Morgan fingerprint density at radius 3 is 1.79 bits per heavy atom. The molecule has 0 spiro atoms. The summed E-state index contributed by atoms with van der Waals surface area (Å²) in [6.07, 6.45) is -28.0. The third kappa shape index (κ3) is 7.03. The third-order valence-corrected chi connectivity index (χ3v) is 4.51. The number of carbonyl (C=O) groups is 1. The van der Waals surface area contributed by atoms with Gasteiger partial charge in [0, 0.05) is 16.8 Å². The first-order chi connectivity index (χ1) is 17.6. The van der Waals surface area contributed by atoms with Gasteiger partial charge in [-0.2, -0.15) is 43.9 Å². The molecule has 0 heterocycles. The SMILES string of the molecule is CCOc1ccc(C(=O)Nc2cccc(C(F)(F)C(F)(F)OC(F)(F)C(F)(F)C(F)(F)OC(F)(F)F)c2)cc1. The van der Waals surface area contributed by atoms with Crippen LogP contribution >= 0.6 is 0 Å². The predicted molar refractivity (Wildman–Crippen MR) is 104 cm³/mol. The quantitative estimate of drug-likeness (QED) is 0.277. The number of alkyl halides is 13. The summed E-state index contributed by atoms with van der Waals surface area (Å²) < 4.78 is 181. The van der Waals surface area contributed by atoms with E-state index in [1.807, 2.05) is 10.1 Å². The summed E-state index contributed by atoms with van der Waals surface area (Å²) in [5.74, 6) is -14.2. The van der Waals surface area contributed by atoms with Gasteiger partial charge in [-0.15, -0.1) is 13.2 Å². The van der Waals surface area contributed by atoms with Crippen molar-refractivity contribution < 1.29 is 76.1 Å². The van der Waals surface area contributed by atoms with Crippen LogP contribution in [0.3, 0.4) is 0 Å². The molecular weight excluding hydrogens is 577 g/mol. The molecule has 39 heavy (non-hydrogen) atoms. The normalized spacial score (nSPS) is 13.8. The first kappa shape index (κ1) is 31.9. The fourth-order valence-electron chi connectivity index (χ4n) is 2.70. The monoisotopic (exact) mass is 591 g/mol. The van der Waals surface area contributed by atoms with Gasteiger partial charge in [-0.3, -0.25) is 4.79 Å². The zero-order valence-electron chi connectivity index (χ0n) is 18.9. The summed E-state index contributed by atoms with van der Waals surface area (Å²) in [5, 5.41) is 2.00. The summed E-state index contributed by atoms with van der Waals surface area (Å²) in [6, 6.07) is 6.82. The molecule has 0 saturated carbocycles. The lowest BCUT2D eigenvalue weighted by atomic mass is 10.1. The van der Waals surface area contributed by atoms with Crippen LogP contribution in [0, 0.1) is 0 Å². The van der Waals surface area contributed by atoms with Gasteiger partial charge in [-0.05, 0) is 43.3 Å². The number of benzene rings is 2. The van der Waals surface area contributed by atoms with E-state index < -0.39 is 53.7 Å². The molecule has 2 aromatic rings. The molecule has 2 rings (SSSR count). The van der Waals surface area contributed by atoms with Gasteiger partial charge in [0.05, 0.1) is 6.61 Å². The highest BCUT2D eigenvalue weighted by atomic mass is 19.4. The highest BCUT2D eigenvalue weighted by molar-refractivity contribution is 6.04. The van der Waals surface area contributed by atoms with Crippen LogP contribution < -0.4 is 10.1 Å². The summed E-state index contributed by atoms with van der Waals surface area (Å²) in [5.41, 5.74) is -2.69. The molecule has 0 bridgehead atoms. The molecular formula is C21H14F13NO4. The first-order valence-electron chi connectivity index (χ1n) is 10.1. The summed E-state index contributed by atoms with van der Waals surface area (Å²) in [7, 11) is 0. The minimum atomic E-state index is -7.53. The number of hydrogen-bond acceptors (Lipinski definition) is 4. The van der Waals surface area contributed by atoms with Crippen LogP contribution in [-0.4, -0.2) is 43.1 Å². The molecule has 0 unspecified atom stereocenters. The van der Waals surface area contributed by atoms with E-state index in [0.29, 0.717) is 11.8 Å². The van der Waals surface area contributed by atoms with Crippen molar-refractivity contribution in [3.05, 3.63) is 59.7 Å². The molecule has 218 valence electrons. The maximum absolute atomic E-state index is 14.4. The van der Waals surface area contributed by atoms with Crippen LogP contribution in [0.25, 0.3) is 0 Å². The Labute approximate surface area is 209 Å². The molecule has 2 aromatic carbocycles. The fourth-order valence-corrected chi connectivity index (χ4v) is 2.70. The lowest BCUT2D eigenvalue weighted by Crippen LogP contribution is -2.61. The van der Waals surface area contributed by atoms with Crippen LogP contribution in [-0.2, 0) is 15.4 Å². The van der Waals surface area contributed by atoms with Crippen LogP contribution in [0.2, 0.25) is 0 Å². The van der Waals surface area contributed by atoms with Crippen molar-refractivity contribution in [2.24, 2.45) is 0 Å². The van der Waals surface area contributed by atoms with Crippen molar-refractivity contribution in [1.29, 1.82) is 0 Å². The molecule has 0 radical (unpaired) electrons. The maximum Gasteiger partial charge on any atom is 0.527 e. The van der Waals surface area contributed by atoms with Gasteiger partial charge in [0.15, 0.2) is 0 Å². The van der Waals surface area contributed by atoms with Crippen molar-refractivity contribution in [3.8, 4) is 5.75 Å². The molecule has 0 saturated heterocycles. The number of rotatable bonds is 11. The van der Waals surface area contributed by atoms with E-state index in [1.165, 1.54) is 24.3 Å². The van der Waals surface area contributed by atoms with Crippen molar-refractivity contribution in [1.82, 2.24) is 0 Å². The Bertz CT molecular complexity index is 1150. The van der Waals surface area contributed by atoms with E-state index in [0.717, 1.165) is 6.07 Å². The second-order valence-electron chi connectivity index (χ2n) is 7.34. The van der Waals surface area contributed by atoms with Gasteiger partial charge in [0.25, 0.3) is 5.91 Å². The van der Waals surface area contributed by atoms with Crippen LogP contribution in [0.15, 0.2) is 48.5 Å². The summed E-state index contributed by atoms with van der Waals surface area (Å²) >= 11 is 0. The molecule has 1 amide bonds. The smallest absolute Gasteiger partial charge is 0.494 e. The number of ether oxygens (including phenoxy) is 3. The van der Waals surface area contributed by atoms with Crippen molar-refractivity contribution in [2.75, 3.05) is 11.9 Å². The summed E-state index contributed by atoms with van der Waals surface area (Å²) in [6.45, 7) is 1.95. The number of halogens is 13. The maximum atomic E-state index is 14.4. The van der Waals surface area contributed by atoms with Gasteiger partial charge in [0.2, 0.25) is 0 Å². The van der Waals surface area contributed by atoms with Crippen molar-refractivity contribution >= 4 is 11.6 Å². The van der Waals surface area contributed by atoms with E-state index in [4.69, 9.17) is 4.74 Å². The molecule has 0 fully saturated rings. The molecule has 5 nitrogen and oxygen atoms in total. The minimum Gasteiger partial charge on any atom is -0.494 e. The van der Waals surface area contributed by atoms with Crippen LogP contribution in [0.4, 0.5) is 62.8 Å². The second-order valence-corrected chi connectivity index (χ2v) is 7.34. The third-order valence-electron chi connectivity index (χ3n) is 4.51. The van der Waals surface area contributed by atoms with Gasteiger partial charge < -0.3 is 10.1 Å². The van der Waals surface area contributed by atoms with E-state index in [1.54, 1.807) is 11.7 Å². The van der Waals surface area contributed by atoms with Crippen molar-refractivity contribution in [2.45, 2.75) is 43.5 Å². The first-order valence-corrected chi connectivity index (χ1v) is 10.1. The molecule has 0 aliphatic rings. The van der Waals surface area contributed by atoms with Gasteiger partial charge in [-0.1, -0.05) is 12.1 Å². The second kappa shape index (κ2) is 10.7. The molecule has 18 heteroatoms. The summed E-state index contributed by atoms with van der Waals surface area (Å²) in [4.78, 5) is 12.3. The topological polar surface area (TPSA) is 56.8 Å². The number of anilines is 1. The average molecular weight is 591 g/mol. The van der Waals surface area contributed by atoms with Crippen LogP contribution in [0.5, 0.6) is 5.75 Å². The Balaban J connectivity index is 2.29. The lowest BCUT2D eigenvalue weighted by Gasteiger charge is -2.35. The number of hydrogen-bond donors (Lipinski definition) is 1. The molecule has 1 N–H and O–H groups in total. The molecule has 0 atom stereocenters. The largest absolute Gasteiger partial charge is 0.527 e. The number of amides is 1. The minimum absolute atomic E-state index is 0.0847. The zero-order chi connectivity index (χ0) is 30.1. The van der Waals surface area contributed by atoms with E-state index in [-0.39, 0.29) is 24.3 Å². The lowest BCUT2D eigenvalue weighted by molar-refractivity contribution is -0.535. The molecule has 0 aliphatic heterocycles. The zero-order valence-corrected chi connectivity index (χ0v) is 18.9. The van der Waals surface area contributed by atoms with E-state index in [2.05, 4.69) is 0 Å².